The molecule has 1 unspecified atom stereocenters. The number of aliphatic hydroxyl groups is 1. The molecular weight excluding hydrogens is 253 g/mol. The molecule has 0 bridgehead atoms. The lowest BCUT2D eigenvalue weighted by atomic mass is 10.1. The third-order valence-corrected chi connectivity index (χ3v) is 2.70. The van der Waals surface area contributed by atoms with E-state index in [1.54, 1.807) is 0 Å². The van der Waals surface area contributed by atoms with Gasteiger partial charge in [-0.1, -0.05) is 12.1 Å². The number of rotatable bonds is 2. The maximum atomic E-state index is 12.3. The summed E-state index contributed by atoms with van der Waals surface area (Å²) in [7, 11) is 0. The lowest BCUT2D eigenvalue weighted by Gasteiger charge is -2.10. The molecule has 0 aliphatic heterocycles. The highest BCUT2D eigenvalue weighted by molar-refractivity contribution is 6.99. The van der Waals surface area contributed by atoms with Crippen molar-refractivity contribution in [1.82, 2.24) is 8.75 Å². The van der Waals surface area contributed by atoms with Gasteiger partial charge in [0.1, 0.15) is 11.8 Å². The van der Waals surface area contributed by atoms with E-state index in [-0.39, 0.29) is 0 Å². The summed E-state index contributed by atoms with van der Waals surface area (Å²) in [5.41, 5.74) is -0.0645. The Morgan fingerprint density at radius 2 is 1.82 bits per heavy atom. The van der Waals surface area contributed by atoms with Crippen molar-refractivity contribution in [2.45, 2.75) is 12.3 Å². The van der Waals surface area contributed by atoms with Crippen LogP contribution < -0.4 is 0 Å². The highest BCUT2D eigenvalue weighted by atomic mass is 32.1. The van der Waals surface area contributed by atoms with Gasteiger partial charge >= 0.3 is 6.18 Å². The maximum absolute atomic E-state index is 12.3. The summed E-state index contributed by atoms with van der Waals surface area (Å²) >= 11 is 0.930. The quantitative estimate of drug-likeness (QED) is 0.902. The number of alkyl halides is 3. The van der Waals surface area contributed by atoms with Crippen molar-refractivity contribution < 1.29 is 18.3 Å². The van der Waals surface area contributed by atoms with E-state index in [2.05, 4.69) is 8.75 Å². The van der Waals surface area contributed by atoms with Crippen molar-refractivity contribution in [1.29, 1.82) is 0 Å². The summed E-state index contributed by atoms with van der Waals surface area (Å²) in [5, 5.41) is 9.80. The average Bonchev–Trinajstić information content (AvgIpc) is 2.80. The van der Waals surface area contributed by atoms with Gasteiger partial charge in [0.15, 0.2) is 0 Å². The molecule has 1 N–H and O–H groups in total. The molecule has 0 saturated heterocycles. The third kappa shape index (κ3) is 2.62. The Kier molecular flexibility index (Phi) is 3.12. The monoisotopic (exact) mass is 260 g/mol. The molecule has 1 atom stereocenters. The normalized spacial score (nSPS) is 13.6. The number of aliphatic hydroxyl groups excluding tert-OH is 1. The summed E-state index contributed by atoms with van der Waals surface area (Å²) in [5.74, 6) is 0. The van der Waals surface area contributed by atoms with Gasteiger partial charge in [0.25, 0.3) is 0 Å². The van der Waals surface area contributed by atoms with E-state index in [9.17, 15) is 18.3 Å². The first-order valence-electron chi connectivity index (χ1n) is 4.61. The molecule has 0 aliphatic rings. The van der Waals surface area contributed by atoms with Crippen LogP contribution in [0, 0.1) is 0 Å². The second-order valence-electron chi connectivity index (χ2n) is 3.35. The van der Waals surface area contributed by atoms with Gasteiger partial charge in [0.05, 0.1) is 23.5 Å². The topological polar surface area (TPSA) is 46.0 Å². The lowest BCUT2D eigenvalue weighted by molar-refractivity contribution is -0.137. The van der Waals surface area contributed by atoms with Crippen molar-refractivity contribution in [2.24, 2.45) is 0 Å². The number of nitrogens with zero attached hydrogens (tertiary/aromatic N) is 2. The van der Waals surface area contributed by atoms with E-state index in [0.717, 1.165) is 23.9 Å². The predicted molar refractivity (Wildman–Crippen MR) is 55.4 cm³/mol. The van der Waals surface area contributed by atoms with Crippen LogP contribution in [0.2, 0.25) is 0 Å². The Balaban J connectivity index is 2.24. The summed E-state index contributed by atoms with van der Waals surface area (Å²) in [6, 6.07) is 4.32. The van der Waals surface area contributed by atoms with E-state index in [0.29, 0.717) is 11.3 Å². The van der Waals surface area contributed by atoms with Gasteiger partial charge in [-0.2, -0.15) is 21.9 Å². The molecule has 0 saturated carbocycles. The van der Waals surface area contributed by atoms with E-state index >= 15 is 0 Å². The van der Waals surface area contributed by atoms with Crippen molar-refractivity contribution in [3.8, 4) is 0 Å². The standard InChI is InChI=1S/C10H7F3N2OS/c11-10(12,13)7-3-1-6(2-4-7)9(16)8-5-14-17-15-8/h1-5,9,16H. The molecule has 0 radical (unpaired) electrons. The summed E-state index contributed by atoms with van der Waals surface area (Å²) < 4.78 is 44.5. The highest BCUT2D eigenvalue weighted by Gasteiger charge is 2.30. The molecule has 1 heterocycles. The van der Waals surface area contributed by atoms with Crippen LogP contribution in [0.15, 0.2) is 30.5 Å². The highest BCUT2D eigenvalue weighted by Crippen LogP contribution is 2.30. The van der Waals surface area contributed by atoms with Gasteiger partial charge in [-0.15, -0.1) is 0 Å². The SMILES string of the molecule is OC(c1ccc(C(F)(F)F)cc1)c1cnsn1. The predicted octanol–water partition coefficient (Wildman–Crippen LogP) is 2.64. The van der Waals surface area contributed by atoms with Crippen LogP contribution in [0.5, 0.6) is 0 Å². The van der Waals surface area contributed by atoms with Gasteiger partial charge < -0.3 is 5.11 Å². The average molecular weight is 260 g/mol. The van der Waals surface area contributed by atoms with Crippen LogP contribution in [0.25, 0.3) is 0 Å². The lowest BCUT2D eigenvalue weighted by Crippen LogP contribution is -2.06. The van der Waals surface area contributed by atoms with Crippen molar-refractivity contribution in [2.75, 3.05) is 0 Å². The van der Waals surface area contributed by atoms with Crippen molar-refractivity contribution in [3.63, 3.8) is 0 Å². The minimum atomic E-state index is -4.37. The summed E-state index contributed by atoms with van der Waals surface area (Å²) in [6.07, 6.45) is -4.03. The second-order valence-corrected chi connectivity index (χ2v) is 3.91. The molecule has 3 nitrogen and oxygen atoms in total. The zero-order chi connectivity index (χ0) is 12.5. The molecule has 0 spiro atoms. The second kappa shape index (κ2) is 4.42. The molecular formula is C10H7F3N2OS. The fraction of sp³-hybridized carbons (Fsp3) is 0.200. The van der Waals surface area contributed by atoms with Crippen LogP contribution in [0.1, 0.15) is 22.9 Å². The molecule has 7 heteroatoms. The molecule has 90 valence electrons. The molecule has 0 amide bonds. The number of hydrogen-bond acceptors (Lipinski definition) is 4. The van der Waals surface area contributed by atoms with E-state index < -0.39 is 17.8 Å². The number of hydrogen-bond donors (Lipinski definition) is 1. The third-order valence-electron chi connectivity index (χ3n) is 2.21. The van der Waals surface area contributed by atoms with E-state index in [1.807, 2.05) is 0 Å². The van der Waals surface area contributed by atoms with Crippen LogP contribution in [-0.2, 0) is 6.18 Å². The molecule has 0 fully saturated rings. The summed E-state index contributed by atoms with van der Waals surface area (Å²) in [4.78, 5) is 0. The molecule has 0 aliphatic carbocycles. The first-order chi connectivity index (χ1) is 7.98. The van der Waals surface area contributed by atoms with Gasteiger partial charge in [-0.25, -0.2) is 0 Å². The van der Waals surface area contributed by atoms with Crippen LogP contribution in [-0.4, -0.2) is 13.9 Å². The minimum Gasteiger partial charge on any atom is -0.382 e. The van der Waals surface area contributed by atoms with Crippen LogP contribution in [0.3, 0.4) is 0 Å². The fourth-order valence-electron chi connectivity index (χ4n) is 1.32. The molecule has 1 aromatic heterocycles. The number of halogens is 3. The van der Waals surface area contributed by atoms with Gasteiger partial charge in [-0.3, -0.25) is 0 Å². The smallest absolute Gasteiger partial charge is 0.382 e. The Hall–Kier alpha value is -1.47. The number of aromatic nitrogens is 2. The Bertz CT molecular complexity index is 481. The molecule has 2 aromatic rings. The first kappa shape index (κ1) is 12.0. The zero-order valence-electron chi connectivity index (χ0n) is 8.35. The van der Waals surface area contributed by atoms with Gasteiger partial charge in [0, 0.05) is 0 Å². The molecule has 17 heavy (non-hydrogen) atoms. The Morgan fingerprint density at radius 1 is 1.18 bits per heavy atom. The van der Waals surface area contributed by atoms with Gasteiger partial charge in [-0.05, 0) is 17.7 Å². The van der Waals surface area contributed by atoms with E-state index in [1.165, 1.54) is 18.3 Å². The summed E-state index contributed by atoms with van der Waals surface area (Å²) in [6.45, 7) is 0. The largest absolute Gasteiger partial charge is 0.416 e. The first-order valence-corrected chi connectivity index (χ1v) is 5.34. The minimum absolute atomic E-state index is 0.328. The molecule has 2 rings (SSSR count). The van der Waals surface area contributed by atoms with E-state index in [4.69, 9.17) is 0 Å². The Labute approximate surface area is 98.9 Å². The van der Waals surface area contributed by atoms with Crippen molar-refractivity contribution >= 4 is 11.7 Å². The molecule has 1 aromatic carbocycles. The fourth-order valence-corrected chi connectivity index (χ4v) is 1.76. The maximum Gasteiger partial charge on any atom is 0.416 e. The van der Waals surface area contributed by atoms with Crippen LogP contribution >= 0.6 is 11.7 Å². The number of benzene rings is 1. The van der Waals surface area contributed by atoms with Crippen molar-refractivity contribution in [3.05, 3.63) is 47.3 Å². The Morgan fingerprint density at radius 3 is 2.29 bits per heavy atom. The van der Waals surface area contributed by atoms with Crippen LogP contribution in [0.4, 0.5) is 13.2 Å². The zero-order valence-corrected chi connectivity index (χ0v) is 9.16. The van der Waals surface area contributed by atoms with Gasteiger partial charge in [0.2, 0.25) is 0 Å².